The van der Waals surface area contributed by atoms with Gasteiger partial charge in [0.15, 0.2) is 11.5 Å². The van der Waals surface area contributed by atoms with Crippen LogP contribution in [0.5, 0.6) is 11.5 Å². The average Bonchev–Trinajstić information content (AvgIpc) is 3.60. The lowest BCUT2D eigenvalue weighted by Crippen LogP contribution is -2.51. The number of ether oxygens (including phenoxy) is 2. The fraction of sp³-hybridized carbons (Fsp3) is 0.345. The van der Waals surface area contributed by atoms with Crippen LogP contribution in [0, 0.1) is 6.92 Å². The van der Waals surface area contributed by atoms with Gasteiger partial charge in [0.2, 0.25) is 16.8 Å². The van der Waals surface area contributed by atoms with Crippen molar-refractivity contribution < 1.29 is 37.2 Å². The van der Waals surface area contributed by atoms with Crippen LogP contribution in [-0.4, -0.2) is 50.0 Å². The van der Waals surface area contributed by atoms with Gasteiger partial charge in [-0.05, 0) is 78.8 Å². The zero-order valence-corrected chi connectivity index (χ0v) is 22.2. The highest BCUT2D eigenvalue weighted by Crippen LogP contribution is 2.51. The maximum absolute atomic E-state index is 13.5. The van der Waals surface area contributed by atoms with Gasteiger partial charge in [0.05, 0.1) is 29.1 Å². The smallest absolute Gasteiger partial charge is 0.241 e. The molecule has 3 aromatic carbocycles. The Morgan fingerprint density at radius 2 is 1.68 bits per heavy atom. The van der Waals surface area contributed by atoms with Gasteiger partial charge in [-0.25, -0.2) is 13.1 Å². The van der Waals surface area contributed by atoms with Gasteiger partial charge in [0.1, 0.15) is 5.78 Å². The van der Waals surface area contributed by atoms with Gasteiger partial charge >= 0.3 is 0 Å². The Hall–Kier alpha value is -3.24. The van der Waals surface area contributed by atoms with E-state index in [1.807, 2.05) is 43.3 Å². The van der Waals surface area contributed by atoms with Crippen molar-refractivity contribution in [2.24, 2.45) is 0 Å². The lowest BCUT2D eigenvalue weighted by Gasteiger charge is -2.25. The molecule has 3 aromatic rings. The first-order valence-electron chi connectivity index (χ1n) is 12.5. The van der Waals surface area contributed by atoms with Crippen LogP contribution >= 0.6 is 0 Å². The number of carbonyl (C=O) groups is 1. The quantitative estimate of drug-likeness (QED) is 0.353. The Kier molecular flexibility index (Phi) is 6.81. The molecule has 3 N–H and O–H groups in total. The molecule has 2 aliphatic rings. The maximum atomic E-state index is 13.5. The highest BCUT2D eigenvalue weighted by atomic mass is 32.2. The average molecular weight is 544 g/mol. The van der Waals surface area contributed by atoms with Gasteiger partial charge in [0, 0.05) is 10.7 Å². The molecular weight excluding hydrogens is 506 g/mol. The third kappa shape index (κ3) is 4.94. The van der Waals surface area contributed by atoms with Gasteiger partial charge in [-0.1, -0.05) is 36.4 Å². The van der Waals surface area contributed by atoms with Crippen molar-refractivity contribution >= 4 is 15.8 Å². The molecule has 206 valence electrons. The molecule has 0 atom stereocenters. The van der Waals surface area contributed by atoms with E-state index in [9.17, 15) is 23.4 Å². The summed E-state index contributed by atoms with van der Waals surface area (Å²) in [6.45, 7) is 2.51. The summed E-state index contributed by atoms with van der Waals surface area (Å²) in [6.07, 6.45) is 1.90. The molecule has 0 unspecified atom stereocenters. The predicted octanol–water partition coefficient (Wildman–Crippen LogP) is 3.99. The number of fused-ring (bicyclic) bond motifs is 1. The SMILES string of the molecule is Cc1ccc(CC(=O)C2(c3ccc4c(c3)OCO4)CC2)cc1-c1ccc(S(=O)(=O)NC(C)(CO)CO)cc1.[HH].[HH].[HH]. The molecule has 0 amide bonds. The number of Topliss-reactive ketones (excluding diaryl/α,β-unsaturated/α-hetero) is 1. The Morgan fingerprint density at radius 3 is 2.34 bits per heavy atom. The van der Waals surface area contributed by atoms with Crippen molar-refractivity contribution in [2.75, 3.05) is 20.0 Å². The van der Waals surface area contributed by atoms with E-state index >= 15 is 0 Å². The van der Waals surface area contributed by atoms with Crippen molar-refractivity contribution in [1.29, 1.82) is 0 Å². The van der Waals surface area contributed by atoms with Crippen molar-refractivity contribution in [3.8, 4) is 22.6 Å². The van der Waals surface area contributed by atoms with Crippen LogP contribution in [-0.2, 0) is 26.7 Å². The van der Waals surface area contributed by atoms with Crippen LogP contribution < -0.4 is 14.2 Å². The summed E-state index contributed by atoms with van der Waals surface area (Å²) in [5.41, 5.74) is 2.72. The standard InChI is InChI=1S/C29H31NO7S.3H2/c1-19-3-4-20(14-27(33)29(11-12-29)22-7-10-25-26(15-22)37-18-36-25)13-24(19)21-5-8-23(9-6-21)38(34,35)30-28(2,16-31)17-32;;;/h3-10,13,15,30-32H,11-12,14,16-18H2,1-2H3;3*1H. The zero-order valence-electron chi connectivity index (χ0n) is 21.4. The fourth-order valence-electron chi connectivity index (χ4n) is 4.80. The highest BCUT2D eigenvalue weighted by Gasteiger charge is 2.50. The zero-order chi connectivity index (χ0) is 27.1. The number of rotatable bonds is 10. The second-order valence-corrected chi connectivity index (χ2v) is 12.1. The monoisotopic (exact) mass is 543 g/mol. The molecule has 0 spiro atoms. The summed E-state index contributed by atoms with van der Waals surface area (Å²) in [5.74, 6) is 1.54. The van der Waals surface area contributed by atoms with Gasteiger partial charge in [-0.2, -0.15) is 0 Å². The fourth-order valence-corrected chi connectivity index (χ4v) is 6.19. The van der Waals surface area contributed by atoms with Crippen LogP contribution in [0.15, 0.2) is 65.6 Å². The summed E-state index contributed by atoms with van der Waals surface area (Å²) < 4.78 is 38.8. The van der Waals surface area contributed by atoms with Crippen molar-refractivity contribution in [3.63, 3.8) is 0 Å². The van der Waals surface area contributed by atoms with Crippen LogP contribution in [0.1, 0.15) is 40.7 Å². The second-order valence-electron chi connectivity index (χ2n) is 10.4. The van der Waals surface area contributed by atoms with Gasteiger partial charge in [-0.3, -0.25) is 4.79 Å². The number of ketones is 1. The Balaban J connectivity index is 0.00000196. The third-order valence-corrected chi connectivity index (χ3v) is 9.08. The van der Waals surface area contributed by atoms with Crippen molar-refractivity contribution in [3.05, 3.63) is 77.4 Å². The molecule has 9 heteroatoms. The molecule has 1 aliphatic carbocycles. The number of sulfonamides is 1. The van der Waals surface area contributed by atoms with E-state index in [0.29, 0.717) is 17.9 Å². The molecule has 5 rings (SSSR count). The molecule has 0 radical (unpaired) electrons. The van der Waals surface area contributed by atoms with Crippen LogP contribution in [0.3, 0.4) is 0 Å². The van der Waals surface area contributed by atoms with Crippen molar-refractivity contribution in [2.45, 2.75) is 49.0 Å². The molecule has 1 heterocycles. The molecule has 1 saturated carbocycles. The first-order chi connectivity index (χ1) is 18.1. The largest absolute Gasteiger partial charge is 0.454 e. The lowest BCUT2D eigenvalue weighted by atomic mass is 9.87. The summed E-state index contributed by atoms with van der Waals surface area (Å²) in [5, 5.41) is 18.9. The summed E-state index contributed by atoms with van der Waals surface area (Å²) in [4.78, 5) is 13.5. The Labute approximate surface area is 226 Å². The first-order valence-corrected chi connectivity index (χ1v) is 14.0. The molecule has 1 fully saturated rings. The summed E-state index contributed by atoms with van der Waals surface area (Å²) in [7, 11) is -3.95. The number of aliphatic hydroxyl groups excluding tert-OH is 2. The number of hydrogen-bond acceptors (Lipinski definition) is 7. The molecular formula is C29H37NO7S. The number of benzene rings is 3. The van der Waals surface area contributed by atoms with E-state index in [-0.39, 0.29) is 21.8 Å². The van der Waals surface area contributed by atoms with E-state index < -0.39 is 34.2 Å². The number of nitrogens with one attached hydrogen (secondary N) is 1. The van der Waals surface area contributed by atoms with Crippen LogP contribution in [0.2, 0.25) is 0 Å². The molecule has 0 saturated heterocycles. The molecule has 1 aliphatic heterocycles. The minimum absolute atomic E-state index is 0. The van der Waals surface area contributed by atoms with Gasteiger partial charge in [0.25, 0.3) is 0 Å². The number of hydrogen-bond donors (Lipinski definition) is 3. The minimum atomic E-state index is -3.95. The number of aryl methyl sites for hydroxylation is 1. The minimum Gasteiger partial charge on any atom is -0.454 e. The molecule has 0 bridgehead atoms. The Bertz CT molecular complexity index is 1490. The highest BCUT2D eigenvalue weighted by molar-refractivity contribution is 7.89. The van der Waals surface area contributed by atoms with Crippen LogP contribution in [0.4, 0.5) is 0 Å². The van der Waals surface area contributed by atoms with Crippen molar-refractivity contribution in [1.82, 2.24) is 4.72 Å². The summed E-state index contributed by atoms with van der Waals surface area (Å²) in [6, 6.07) is 18.1. The molecule has 0 aromatic heterocycles. The summed E-state index contributed by atoms with van der Waals surface area (Å²) >= 11 is 0. The second kappa shape index (κ2) is 9.81. The number of aliphatic hydroxyl groups is 2. The number of carbonyl (C=O) groups excluding carboxylic acids is 1. The van der Waals surface area contributed by atoms with Gasteiger partial charge < -0.3 is 19.7 Å². The van der Waals surface area contributed by atoms with E-state index in [1.165, 1.54) is 19.1 Å². The third-order valence-electron chi connectivity index (χ3n) is 7.43. The predicted molar refractivity (Wildman–Crippen MR) is 148 cm³/mol. The topological polar surface area (TPSA) is 122 Å². The van der Waals surface area contributed by atoms with Gasteiger partial charge in [-0.15, -0.1) is 0 Å². The lowest BCUT2D eigenvalue weighted by molar-refractivity contribution is -0.120. The van der Waals surface area contributed by atoms with E-state index in [1.54, 1.807) is 12.1 Å². The van der Waals surface area contributed by atoms with E-state index in [4.69, 9.17) is 9.47 Å². The maximum Gasteiger partial charge on any atom is 0.241 e. The first kappa shape index (κ1) is 26.4. The Morgan fingerprint density at radius 1 is 1.00 bits per heavy atom. The van der Waals surface area contributed by atoms with E-state index in [2.05, 4.69) is 4.72 Å². The molecule has 38 heavy (non-hydrogen) atoms. The molecule has 8 nitrogen and oxygen atoms in total. The van der Waals surface area contributed by atoms with E-state index in [0.717, 1.165) is 40.7 Å². The van der Waals surface area contributed by atoms with Crippen LogP contribution in [0.25, 0.3) is 11.1 Å². The normalized spacial score (nSPS) is 15.9.